The smallest absolute Gasteiger partial charge is 0.312 e. The van der Waals surface area contributed by atoms with Crippen molar-refractivity contribution < 1.29 is 29.0 Å². The molecule has 3 aliphatic heterocycles. The number of esters is 1. The van der Waals surface area contributed by atoms with Gasteiger partial charge >= 0.3 is 5.97 Å². The van der Waals surface area contributed by atoms with Gasteiger partial charge in [0.1, 0.15) is 11.6 Å². The van der Waals surface area contributed by atoms with E-state index in [1.807, 2.05) is 0 Å². The van der Waals surface area contributed by atoms with Crippen LogP contribution in [0.5, 0.6) is 0 Å². The summed E-state index contributed by atoms with van der Waals surface area (Å²) in [5.74, 6) is -2.31. The van der Waals surface area contributed by atoms with Crippen LogP contribution in [0, 0.1) is 11.8 Å². The summed E-state index contributed by atoms with van der Waals surface area (Å²) < 4.78 is 11.7. The average Bonchev–Trinajstić information content (AvgIpc) is 3.35. The Morgan fingerprint density at radius 2 is 2.12 bits per heavy atom. The minimum absolute atomic E-state index is 0.0157. The van der Waals surface area contributed by atoms with E-state index in [1.165, 1.54) is 0 Å². The molecule has 0 saturated carbocycles. The molecule has 0 aromatic heterocycles. The number of hydrogen-bond donors (Lipinski definition) is 1. The Balaban J connectivity index is 2.00. The molecule has 2 amide bonds. The number of amides is 2. The average molecular weight is 515 g/mol. The maximum atomic E-state index is 13.9. The van der Waals surface area contributed by atoms with E-state index in [4.69, 9.17) is 9.47 Å². The van der Waals surface area contributed by atoms with Gasteiger partial charge in [-0.15, -0.1) is 6.58 Å². The number of aliphatic hydroxyl groups is 1. The monoisotopic (exact) mass is 514 g/mol. The van der Waals surface area contributed by atoms with Crippen LogP contribution in [0.25, 0.3) is 0 Å². The first-order chi connectivity index (χ1) is 15.4. The molecule has 3 unspecified atom stereocenters. The Labute approximate surface area is 198 Å². The van der Waals surface area contributed by atoms with Crippen molar-refractivity contribution in [3.63, 3.8) is 0 Å². The van der Waals surface area contributed by atoms with Crippen molar-refractivity contribution in [2.75, 3.05) is 32.8 Å². The third-order valence-electron chi connectivity index (χ3n) is 6.83. The van der Waals surface area contributed by atoms with Crippen LogP contribution in [0.2, 0.25) is 0 Å². The zero-order valence-electron chi connectivity index (χ0n) is 19.0. The molecule has 6 atom stereocenters. The first-order valence-corrected chi connectivity index (χ1v) is 12.6. The molecule has 1 N–H and O–H groups in total. The van der Waals surface area contributed by atoms with Gasteiger partial charge in [0.05, 0.1) is 24.5 Å². The standard InChI is InChI=1S/C23H35BrN2O6/c1-4-7-11-25(10-5-2)21(29)19-23-14-15(24)18(32-23)16(22(30)31-6-3)17(23)20(28)26(19)12-8-9-13-27/h5,15-19,27H,2,4,6-14H2,1,3H3/t15?,16-,17+,18-,19?,23?/m1/s1. The molecule has 3 saturated heterocycles. The number of unbranched alkanes of at least 4 members (excludes halogenated alkanes) is 2. The van der Waals surface area contributed by atoms with E-state index >= 15 is 0 Å². The number of fused-ring (bicyclic) bond motifs is 1. The number of halogens is 1. The summed E-state index contributed by atoms with van der Waals surface area (Å²) in [5.41, 5.74) is -1.06. The second-order valence-corrected chi connectivity index (χ2v) is 9.98. The molecule has 8 nitrogen and oxygen atoms in total. The molecule has 3 fully saturated rings. The van der Waals surface area contributed by atoms with Gasteiger partial charge in [-0.05, 0) is 32.6 Å². The Hall–Kier alpha value is -1.45. The van der Waals surface area contributed by atoms with Gasteiger partial charge < -0.3 is 24.4 Å². The molecule has 9 heteroatoms. The highest BCUT2D eigenvalue weighted by atomic mass is 79.9. The van der Waals surface area contributed by atoms with Gasteiger partial charge in [-0.1, -0.05) is 35.4 Å². The highest BCUT2D eigenvalue weighted by Crippen LogP contribution is 2.60. The molecule has 180 valence electrons. The zero-order valence-corrected chi connectivity index (χ0v) is 20.6. The summed E-state index contributed by atoms with van der Waals surface area (Å²) in [6, 6.07) is -0.806. The molecular weight excluding hydrogens is 480 g/mol. The number of carbonyl (C=O) groups is 3. The third-order valence-corrected chi connectivity index (χ3v) is 7.68. The minimum Gasteiger partial charge on any atom is -0.466 e. The second-order valence-electron chi connectivity index (χ2n) is 8.80. The van der Waals surface area contributed by atoms with Crippen molar-refractivity contribution in [1.82, 2.24) is 9.80 Å². The van der Waals surface area contributed by atoms with Crippen LogP contribution in [-0.4, -0.2) is 88.1 Å². The largest absolute Gasteiger partial charge is 0.466 e. The predicted molar refractivity (Wildman–Crippen MR) is 122 cm³/mol. The lowest BCUT2D eigenvalue weighted by molar-refractivity contribution is -0.154. The Morgan fingerprint density at radius 3 is 2.75 bits per heavy atom. The van der Waals surface area contributed by atoms with Gasteiger partial charge in [0.15, 0.2) is 0 Å². The van der Waals surface area contributed by atoms with Crippen molar-refractivity contribution in [1.29, 1.82) is 0 Å². The van der Waals surface area contributed by atoms with Crippen LogP contribution < -0.4 is 0 Å². The van der Waals surface area contributed by atoms with E-state index in [0.717, 1.165) is 12.8 Å². The Kier molecular flexibility index (Phi) is 8.38. The van der Waals surface area contributed by atoms with E-state index < -0.39 is 35.6 Å². The van der Waals surface area contributed by atoms with E-state index in [1.54, 1.807) is 22.8 Å². The molecule has 3 heterocycles. The molecule has 0 aliphatic carbocycles. The van der Waals surface area contributed by atoms with Crippen molar-refractivity contribution in [3.05, 3.63) is 12.7 Å². The Morgan fingerprint density at radius 1 is 1.38 bits per heavy atom. The number of ether oxygens (including phenoxy) is 2. The molecule has 1 spiro atoms. The van der Waals surface area contributed by atoms with E-state index in [-0.39, 0.29) is 29.9 Å². The van der Waals surface area contributed by atoms with E-state index in [9.17, 15) is 19.5 Å². The first kappa shape index (κ1) is 25.2. The van der Waals surface area contributed by atoms with Crippen molar-refractivity contribution >= 4 is 33.7 Å². The molecule has 2 bridgehead atoms. The SMILES string of the molecule is C=CCN(CCCC)C(=O)C1N(CCCCO)C(=O)[C@@H]2[C@@H](C(=O)OCC)[C@@H]3OC12CC3Br. The van der Waals surface area contributed by atoms with E-state index in [2.05, 4.69) is 29.4 Å². The van der Waals surface area contributed by atoms with E-state index in [0.29, 0.717) is 38.9 Å². The quantitative estimate of drug-likeness (QED) is 0.185. The lowest BCUT2D eigenvalue weighted by Gasteiger charge is -2.37. The second kappa shape index (κ2) is 10.7. The van der Waals surface area contributed by atoms with Crippen LogP contribution in [-0.2, 0) is 23.9 Å². The van der Waals surface area contributed by atoms with Gasteiger partial charge in [-0.3, -0.25) is 14.4 Å². The minimum atomic E-state index is -1.06. The fourth-order valence-electron chi connectivity index (χ4n) is 5.52. The number of likely N-dealkylation sites (tertiary alicyclic amines) is 1. The molecule has 0 radical (unpaired) electrons. The van der Waals surface area contributed by atoms with Crippen LogP contribution >= 0.6 is 15.9 Å². The molecule has 0 aromatic carbocycles. The lowest BCUT2D eigenvalue weighted by Crippen LogP contribution is -2.57. The number of rotatable bonds is 12. The van der Waals surface area contributed by atoms with Gasteiger partial charge in [0.25, 0.3) is 0 Å². The van der Waals surface area contributed by atoms with Crippen LogP contribution in [0.4, 0.5) is 0 Å². The highest BCUT2D eigenvalue weighted by Gasteiger charge is 2.76. The fourth-order valence-corrected chi connectivity index (χ4v) is 6.46. The van der Waals surface area contributed by atoms with Gasteiger partial charge in [-0.25, -0.2) is 0 Å². The molecule has 0 aromatic rings. The summed E-state index contributed by atoms with van der Waals surface area (Å²) in [4.78, 5) is 43.6. The topological polar surface area (TPSA) is 96.4 Å². The summed E-state index contributed by atoms with van der Waals surface area (Å²) in [7, 11) is 0. The normalized spacial score (nSPS) is 32.8. The number of nitrogens with zero attached hydrogens (tertiary/aromatic N) is 2. The van der Waals surface area contributed by atoms with Gasteiger partial charge in [0, 0.05) is 31.1 Å². The highest BCUT2D eigenvalue weighted by molar-refractivity contribution is 9.09. The van der Waals surface area contributed by atoms with Crippen LogP contribution in [0.3, 0.4) is 0 Å². The first-order valence-electron chi connectivity index (χ1n) is 11.7. The molecule has 3 rings (SSSR count). The zero-order chi connectivity index (χ0) is 23.5. The summed E-state index contributed by atoms with van der Waals surface area (Å²) in [5, 5.41) is 9.23. The number of carbonyl (C=O) groups excluding carboxylic acids is 3. The van der Waals surface area contributed by atoms with Crippen LogP contribution in [0.15, 0.2) is 12.7 Å². The van der Waals surface area contributed by atoms with Gasteiger partial charge in [0.2, 0.25) is 11.8 Å². The van der Waals surface area contributed by atoms with Crippen molar-refractivity contribution in [2.24, 2.45) is 11.8 Å². The predicted octanol–water partition coefficient (Wildman–Crippen LogP) is 1.88. The number of aliphatic hydroxyl groups excluding tert-OH is 1. The summed E-state index contributed by atoms with van der Waals surface area (Å²) >= 11 is 3.64. The number of hydrogen-bond acceptors (Lipinski definition) is 6. The van der Waals surface area contributed by atoms with Gasteiger partial charge in [-0.2, -0.15) is 0 Å². The number of alkyl halides is 1. The van der Waals surface area contributed by atoms with Crippen molar-refractivity contribution in [3.8, 4) is 0 Å². The Bertz CT molecular complexity index is 733. The summed E-state index contributed by atoms with van der Waals surface area (Å²) in [6.45, 7) is 9.11. The molecule has 3 aliphatic rings. The maximum Gasteiger partial charge on any atom is 0.312 e. The third kappa shape index (κ3) is 4.23. The summed E-state index contributed by atoms with van der Waals surface area (Å²) in [6.07, 6.45) is 4.55. The maximum absolute atomic E-state index is 13.9. The lowest BCUT2D eigenvalue weighted by atomic mass is 9.70. The van der Waals surface area contributed by atoms with Crippen molar-refractivity contribution in [2.45, 2.75) is 68.5 Å². The molecule has 32 heavy (non-hydrogen) atoms. The molecular formula is C23H35BrN2O6. The van der Waals surface area contributed by atoms with Crippen LogP contribution in [0.1, 0.15) is 46.0 Å². The fraction of sp³-hybridized carbons (Fsp3) is 0.783.